The van der Waals surface area contributed by atoms with Crippen molar-refractivity contribution < 1.29 is 4.74 Å². The third-order valence-electron chi connectivity index (χ3n) is 1.93. The van der Waals surface area contributed by atoms with E-state index in [1.54, 1.807) is 7.11 Å². The summed E-state index contributed by atoms with van der Waals surface area (Å²) in [5, 5.41) is 0. The molecule has 0 aliphatic carbocycles. The highest BCUT2D eigenvalue weighted by Crippen LogP contribution is 2.31. The van der Waals surface area contributed by atoms with Gasteiger partial charge < -0.3 is 4.74 Å². The molecule has 0 saturated heterocycles. The first kappa shape index (κ1) is 11.5. The molecule has 0 fully saturated rings. The average Bonchev–Trinajstić information content (AvgIpc) is 1.83. The standard InChI is InChI=1S/C11H22O/c1-9(2)7-11(4,5)8-10(3)12-6/h9H,3,7-8H2,1-2,4-6H3. The van der Waals surface area contributed by atoms with E-state index in [4.69, 9.17) is 4.74 Å². The van der Waals surface area contributed by atoms with Crippen LogP contribution in [0.3, 0.4) is 0 Å². The average molecular weight is 170 g/mol. The summed E-state index contributed by atoms with van der Waals surface area (Å²) in [5.41, 5.74) is 0.321. The van der Waals surface area contributed by atoms with Gasteiger partial charge in [0, 0.05) is 6.42 Å². The van der Waals surface area contributed by atoms with Crippen molar-refractivity contribution >= 4 is 0 Å². The van der Waals surface area contributed by atoms with Crippen LogP contribution in [0.2, 0.25) is 0 Å². The first-order valence-electron chi connectivity index (χ1n) is 4.59. The summed E-state index contributed by atoms with van der Waals surface area (Å²) in [4.78, 5) is 0. The van der Waals surface area contributed by atoms with Crippen molar-refractivity contribution in [2.45, 2.75) is 40.5 Å². The van der Waals surface area contributed by atoms with Gasteiger partial charge >= 0.3 is 0 Å². The Morgan fingerprint density at radius 2 is 1.92 bits per heavy atom. The molecule has 12 heavy (non-hydrogen) atoms. The second-order valence-corrected chi connectivity index (χ2v) is 4.68. The van der Waals surface area contributed by atoms with E-state index in [1.807, 2.05) is 0 Å². The number of rotatable bonds is 5. The molecule has 0 aromatic rings. The smallest absolute Gasteiger partial charge is 0.0889 e. The molecule has 0 saturated carbocycles. The van der Waals surface area contributed by atoms with Gasteiger partial charge in [-0.1, -0.05) is 34.3 Å². The van der Waals surface area contributed by atoms with Crippen LogP contribution < -0.4 is 0 Å². The van der Waals surface area contributed by atoms with Gasteiger partial charge in [-0.3, -0.25) is 0 Å². The zero-order chi connectivity index (χ0) is 9.78. The molecule has 0 aromatic heterocycles. The minimum absolute atomic E-state index is 0.321. The highest BCUT2D eigenvalue weighted by atomic mass is 16.5. The maximum absolute atomic E-state index is 5.07. The maximum atomic E-state index is 5.07. The first-order chi connectivity index (χ1) is 5.37. The summed E-state index contributed by atoms with van der Waals surface area (Å²) in [6.45, 7) is 12.9. The Kier molecular flexibility index (Phi) is 4.36. The van der Waals surface area contributed by atoms with Crippen molar-refractivity contribution in [3.05, 3.63) is 12.3 Å². The van der Waals surface area contributed by atoms with Crippen LogP contribution in [0.4, 0.5) is 0 Å². The molecular formula is C11H22O. The number of allylic oxidation sites excluding steroid dienone is 1. The summed E-state index contributed by atoms with van der Waals surface area (Å²) >= 11 is 0. The van der Waals surface area contributed by atoms with Gasteiger partial charge in [0.15, 0.2) is 0 Å². The lowest BCUT2D eigenvalue weighted by atomic mass is 9.81. The molecule has 0 unspecified atom stereocenters. The molecule has 1 nitrogen and oxygen atoms in total. The van der Waals surface area contributed by atoms with Gasteiger partial charge in [0.1, 0.15) is 0 Å². The molecule has 0 spiro atoms. The van der Waals surface area contributed by atoms with E-state index in [-0.39, 0.29) is 0 Å². The largest absolute Gasteiger partial charge is 0.502 e. The lowest BCUT2D eigenvalue weighted by Gasteiger charge is -2.26. The molecule has 0 atom stereocenters. The SMILES string of the molecule is C=C(CC(C)(C)CC(C)C)OC. The van der Waals surface area contributed by atoms with Gasteiger partial charge in [-0.2, -0.15) is 0 Å². The van der Waals surface area contributed by atoms with Crippen molar-refractivity contribution in [3.63, 3.8) is 0 Å². The van der Waals surface area contributed by atoms with Crippen LogP contribution >= 0.6 is 0 Å². The third-order valence-corrected chi connectivity index (χ3v) is 1.93. The predicted octanol–water partition coefficient (Wildman–Crippen LogP) is 3.61. The molecule has 0 aromatic carbocycles. The third kappa shape index (κ3) is 5.22. The van der Waals surface area contributed by atoms with Gasteiger partial charge in [0.2, 0.25) is 0 Å². The van der Waals surface area contributed by atoms with Gasteiger partial charge in [-0.25, -0.2) is 0 Å². The van der Waals surface area contributed by atoms with E-state index in [2.05, 4.69) is 34.3 Å². The second kappa shape index (κ2) is 4.54. The van der Waals surface area contributed by atoms with Crippen LogP contribution in [0.15, 0.2) is 12.3 Å². The maximum Gasteiger partial charge on any atom is 0.0889 e. The van der Waals surface area contributed by atoms with Crippen molar-refractivity contribution in [2.24, 2.45) is 11.3 Å². The summed E-state index contributed by atoms with van der Waals surface area (Å²) < 4.78 is 5.07. The van der Waals surface area contributed by atoms with Crippen molar-refractivity contribution in [2.75, 3.05) is 7.11 Å². The Morgan fingerprint density at radius 3 is 2.25 bits per heavy atom. The number of ether oxygens (including phenoxy) is 1. The van der Waals surface area contributed by atoms with Crippen molar-refractivity contribution in [1.29, 1.82) is 0 Å². The highest BCUT2D eigenvalue weighted by molar-refractivity contribution is 4.89. The molecule has 1 heteroatoms. The molecule has 0 heterocycles. The zero-order valence-electron chi connectivity index (χ0n) is 9.11. The van der Waals surface area contributed by atoms with Crippen LogP contribution in [0, 0.1) is 11.3 Å². The van der Waals surface area contributed by atoms with Crippen LogP contribution in [-0.4, -0.2) is 7.11 Å². The lowest BCUT2D eigenvalue weighted by molar-refractivity contribution is 0.206. The topological polar surface area (TPSA) is 9.23 Å². The number of hydrogen-bond acceptors (Lipinski definition) is 1. The van der Waals surface area contributed by atoms with Gasteiger partial charge in [0.25, 0.3) is 0 Å². The lowest BCUT2D eigenvalue weighted by Crippen LogP contribution is -2.15. The summed E-state index contributed by atoms with van der Waals surface area (Å²) in [7, 11) is 1.69. The second-order valence-electron chi connectivity index (χ2n) is 4.68. The fourth-order valence-corrected chi connectivity index (χ4v) is 1.78. The summed E-state index contributed by atoms with van der Waals surface area (Å²) in [5.74, 6) is 1.63. The zero-order valence-corrected chi connectivity index (χ0v) is 9.11. The Bertz CT molecular complexity index is 145. The fourth-order valence-electron chi connectivity index (χ4n) is 1.78. The number of methoxy groups -OCH3 is 1. The number of hydrogen-bond donors (Lipinski definition) is 0. The van der Waals surface area contributed by atoms with E-state index in [9.17, 15) is 0 Å². The minimum Gasteiger partial charge on any atom is -0.502 e. The molecular weight excluding hydrogens is 148 g/mol. The Hall–Kier alpha value is -0.460. The minimum atomic E-state index is 0.321. The summed E-state index contributed by atoms with van der Waals surface area (Å²) in [6, 6.07) is 0. The van der Waals surface area contributed by atoms with Crippen LogP contribution in [0.25, 0.3) is 0 Å². The van der Waals surface area contributed by atoms with Crippen LogP contribution in [0.5, 0.6) is 0 Å². The molecule has 0 bridgehead atoms. The van der Waals surface area contributed by atoms with Gasteiger partial charge in [-0.15, -0.1) is 0 Å². The van der Waals surface area contributed by atoms with Crippen LogP contribution in [-0.2, 0) is 4.74 Å². The normalized spacial score (nSPS) is 11.8. The van der Waals surface area contributed by atoms with Crippen molar-refractivity contribution in [3.8, 4) is 0 Å². The predicted molar refractivity (Wildman–Crippen MR) is 54.0 cm³/mol. The van der Waals surface area contributed by atoms with E-state index < -0.39 is 0 Å². The van der Waals surface area contributed by atoms with E-state index in [0.717, 1.165) is 18.1 Å². The molecule has 0 radical (unpaired) electrons. The Labute approximate surface area is 76.8 Å². The van der Waals surface area contributed by atoms with Gasteiger partial charge in [-0.05, 0) is 17.8 Å². The van der Waals surface area contributed by atoms with Gasteiger partial charge in [0.05, 0.1) is 12.9 Å². The Morgan fingerprint density at radius 1 is 1.42 bits per heavy atom. The van der Waals surface area contributed by atoms with E-state index in [0.29, 0.717) is 5.41 Å². The van der Waals surface area contributed by atoms with Crippen molar-refractivity contribution in [1.82, 2.24) is 0 Å². The fraction of sp³-hybridized carbons (Fsp3) is 0.818. The molecule has 72 valence electrons. The monoisotopic (exact) mass is 170 g/mol. The quantitative estimate of drug-likeness (QED) is 0.573. The molecule has 0 aliphatic rings. The highest BCUT2D eigenvalue weighted by Gasteiger charge is 2.20. The molecule has 0 aliphatic heterocycles. The molecule has 0 N–H and O–H groups in total. The van der Waals surface area contributed by atoms with E-state index in [1.165, 1.54) is 6.42 Å². The first-order valence-corrected chi connectivity index (χ1v) is 4.59. The van der Waals surface area contributed by atoms with Crippen LogP contribution in [0.1, 0.15) is 40.5 Å². The molecule has 0 rings (SSSR count). The summed E-state index contributed by atoms with van der Waals surface area (Å²) in [6.07, 6.45) is 2.18. The Balaban J connectivity index is 3.94. The molecule has 0 amide bonds. The van der Waals surface area contributed by atoms with E-state index >= 15 is 0 Å².